The summed E-state index contributed by atoms with van der Waals surface area (Å²) < 4.78 is 1.70. The maximum Gasteiger partial charge on any atom is 0.337 e. The Morgan fingerprint density at radius 3 is 2.73 bits per heavy atom. The van der Waals surface area contributed by atoms with E-state index in [9.17, 15) is 14.7 Å². The van der Waals surface area contributed by atoms with Crippen LogP contribution in [0.1, 0.15) is 26.4 Å². The van der Waals surface area contributed by atoms with Gasteiger partial charge in [-0.25, -0.2) is 14.5 Å². The fourth-order valence-corrected chi connectivity index (χ4v) is 2.98. The molecule has 0 unspecified atom stereocenters. The number of para-hydroxylation sites is 1. The van der Waals surface area contributed by atoms with Gasteiger partial charge < -0.3 is 10.4 Å². The SMILES string of the molecule is Cc1cccc(C(=O)O)c1NC(=O)c1cc(Br)nn1-c1ncccc1Cl. The molecule has 132 valence electrons. The van der Waals surface area contributed by atoms with E-state index in [-0.39, 0.29) is 22.8 Å². The van der Waals surface area contributed by atoms with E-state index in [0.717, 1.165) is 0 Å². The molecule has 0 fully saturated rings. The van der Waals surface area contributed by atoms with Gasteiger partial charge >= 0.3 is 5.97 Å². The molecule has 3 rings (SSSR count). The summed E-state index contributed by atoms with van der Waals surface area (Å²) in [7, 11) is 0. The molecule has 0 saturated heterocycles. The van der Waals surface area contributed by atoms with Gasteiger partial charge in [0.1, 0.15) is 10.3 Å². The Labute approximate surface area is 161 Å². The van der Waals surface area contributed by atoms with Crippen molar-refractivity contribution in [1.82, 2.24) is 14.8 Å². The summed E-state index contributed by atoms with van der Waals surface area (Å²) in [4.78, 5) is 28.4. The van der Waals surface area contributed by atoms with Crippen molar-refractivity contribution in [3.05, 3.63) is 69.0 Å². The largest absolute Gasteiger partial charge is 0.478 e. The molecule has 7 nitrogen and oxygen atoms in total. The first-order chi connectivity index (χ1) is 12.4. The number of amides is 1. The lowest BCUT2D eigenvalue weighted by Crippen LogP contribution is -2.20. The van der Waals surface area contributed by atoms with Gasteiger partial charge in [0.05, 0.1) is 16.3 Å². The quantitative estimate of drug-likeness (QED) is 0.647. The van der Waals surface area contributed by atoms with Crippen LogP contribution in [0.15, 0.2) is 47.2 Å². The van der Waals surface area contributed by atoms with Crippen LogP contribution in [0.4, 0.5) is 5.69 Å². The third kappa shape index (κ3) is 3.47. The Balaban J connectivity index is 2.04. The summed E-state index contributed by atoms with van der Waals surface area (Å²) in [5, 5.41) is 16.5. The number of anilines is 1. The fraction of sp³-hybridized carbons (Fsp3) is 0.0588. The van der Waals surface area contributed by atoms with Gasteiger partial charge in [-0.2, -0.15) is 5.10 Å². The lowest BCUT2D eigenvalue weighted by atomic mass is 10.1. The minimum absolute atomic E-state index is 0.000602. The summed E-state index contributed by atoms with van der Waals surface area (Å²) in [6.45, 7) is 1.71. The number of nitrogens with one attached hydrogen (secondary N) is 1. The number of carbonyl (C=O) groups is 2. The second-order valence-corrected chi connectivity index (χ2v) is 6.55. The second kappa shape index (κ2) is 7.27. The number of nitrogens with zero attached hydrogens (tertiary/aromatic N) is 3. The zero-order chi connectivity index (χ0) is 18.8. The Morgan fingerprint density at radius 2 is 2.04 bits per heavy atom. The first-order valence-corrected chi connectivity index (χ1v) is 8.56. The maximum atomic E-state index is 12.8. The van der Waals surface area contributed by atoms with Gasteiger partial charge in [0.2, 0.25) is 0 Å². The Bertz CT molecular complexity index is 1020. The molecule has 1 aromatic carbocycles. The average Bonchev–Trinajstić information content (AvgIpc) is 2.98. The summed E-state index contributed by atoms with van der Waals surface area (Å²) in [5.41, 5.74) is 0.997. The lowest BCUT2D eigenvalue weighted by Gasteiger charge is -2.12. The molecule has 3 aromatic rings. The molecule has 0 radical (unpaired) electrons. The van der Waals surface area contributed by atoms with Crippen LogP contribution in [0, 0.1) is 6.92 Å². The number of carbonyl (C=O) groups excluding carboxylic acids is 1. The van der Waals surface area contributed by atoms with Crippen molar-refractivity contribution in [1.29, 1.82) is 0 Å². The Hall–Kier alpha value is -2.71. The average molecular weight is 436 g/mol. The topological polar surface area (TPSA) is 97.1 Å². The molecule has 0 spiro atoms. The van der Waals surface area contributed by atoms with Crippen LogP contribution in [-0.4, -0.2) is 31.7 Å². The Morgan fingerprint density at radius 1 is 1.27 bits per heavy atom. The number of pyridine rings is 1. The predicted molar refractivity (Wildman–Crippen MR) is 100 cm³/mol. The molecule has 26 heavy (non-hydrogen) atoms. The number of carboxylic acids is 1. The van der Waals surface area contributed by atoms with Gasteiger partial charge in [0, 0.05) is 12.3 Å². The molecule has 0 aliphatic rings. The number of benzene rings is 1. The highest BCUT2D eigenvalue weighted by Gasteiger charge is 2.21. The van der Waals surface area contributed by atoms with E-state index in [2.05, 4.69) is 31.3 Å². The monoisotopic (exact) mass is 434 g/mol. The molecular weight excluding hydrogens is 424 g/mol. The molecule has 2 heterocycles. The van der Waals surface area contributed by atoms with Crippen molar-refractivity contribution in [3.63, 3.8) is 0 Å². The van der Waals surface area contributed by atoms with Gasteiger partial charge in [0.15, 0.2) is 5.82 Å². The summed E-state index contributed by atoms with van der Waals surface area (Å²) in [5.74, 6) is -1.39. The van der Waals surface area contributed by atoms with Crippen molar-refractivity contribution in [2.24, 2.45) is 0 Å². The van der Waals surface area contributed by atoms with Crippen LogP contribution in [0.3, 0.4) is 0 Å². The number of hydrogen-bond donors (Lipinski definition) is 2. The second-order valence-electron chi connectivity index (χ2n) is 5.33. The third-order valence-electron chi connectivity index (χ3n) is 3.59. The summed E-state index contributed by atoms with van der Waals surface area (Å²) in [6, 6.07) is 9.54. The minimum atomic E-state index is -1.13. The van der Waals surface area contributed by atoms with Crippen molar-refractivity contribution in [2.75, 3.05) is 5.32 Å². The number of rotatable bonds is 4. The van der Waals surface area contributed by atoms with E-state index in [4.69, 9.17) is 11.6 Å². The van der Waals surface area contributed by atoms with Gasteiger partial charge in [-0.15, -0.1) is 0 Å². The van der Waals surface area contributed by atoms with E-state index in [1.807, 2.05) is 0 Å². The van der Waals surface area contributed by atoms with Gasteiger partial charge in [0.25, 0.3) is 5.91 Å². The zero-order valence-electron chi connectivity index (χ0n) is 13.4. The number of aromatic nitrogens is 3. The van der Waals surface area contributed by atoms with E-state index in [0.29, 0.717) is 15.2 Å². The van der Waals surface area contributed by atoms with Crippen molar-refractivity contribution in [2.45, 2.75) is 6.92 Å². The van der Waals surface area contributed by atoms with E-state index >= 15 is 0 Å². The molecule has 0 atom stereocenters. The molecule has 0 saturated carbocycles. The summed E-state index contributed by atoms with van der Waals surface area (Å²) in [6.07, 6.45) is 1.53. The highest BCUT2D eigenvalue weighted by molar-refractivity contribution is 9.10. The number of aryl methyl sites for hydroxylation is 1. The van der Waals surface area contributed by atoms with E-state index in [1.54, 1.807) is 31.2 Å². The van der Waals surface area contributed by atoms with Crippen LogP contribution in [0.5, 0.6) is 0 Å². The van der Waals surface area contributed by atoms with Crippen LogP contribution in [-0.2, 0) is 0 Å². The van der Waals surface area contributed by atoms with Gasteiger partial charge in [-0.1, -0.05) is 23.7 Å². The van der Waals surface area contributed by atoms with Crippen LogP contribution in [0.2, 0.25) is 5.02 Å². The Kier molecular flexibility index (Phi) is 5.06. The smallest absolute Gasteiger partial charge is 0.337 e. The standard InChI is InChI=1S/C17H12BrClN4O3/c1-9-4-2-5-10(17(25)26)14(9)21-16(24)12-8-13(18)22-23(12)15-11(19)6-3-7-20-15/h2-8H,1H3,(H,21,24)(H,25,26). The number of hydrogen-bond acceptors (Lipinski definition) is 4. The zero-order valence-corrected chi connectivity index (χ0v) is 15.7. The number of aromatic carboxylic acids is 1. The molecule has 2 N–H and O–H groups in total. The highest BCUT2D eigenvalue weighted by Crippen LogP contribution is 2.24. The van der Waals surface area contributed by atoms with Crippen LogP contribution in [0.25, 0.3) is 5.82 Å². The lowest BCUT2D eigenvalue weighted by molar-refractivity contribution is 0.0698. The molecule has 1 amide bonds. The number of carboxylic acid groups (broad SMARTS) is 1. The minimum Gasteiger partial charge on any atom is -0.478 e. The third-order valence-corrected chi connectivity index (χ3v) is 4.28. The van der Waals surface area contributed by atoms with E-state index in [1.165, 1.54) is 23.0 Å². The summed E-state index contributed by atoms with van der Waals surface area (Å²) >= 11 is 9.38. The molecule has 9 heteroatoms. The molecular formula is C17H12BrClN4O3. The highest BCUT2D eigenvalue weighted by atomic mass is 79.9. The fourth-order valence-electron chi connectivity index (χ4n) is 2.40. The first-order valence-electron chi connectivity index (χ1n) is 7.39. The molecule has 0 aliphatic heterocycles. The van der Waals surface area contributed by atoms with Crippen LogP contribution < -0.4 is 5.32 Å². The predicted octanol–water partition coefficient (Wildman–Crippen LogP) is 3.94. The van der Waals surface area contributed by atoms with Gasteiger partial charge in [-0.3, -0.25) is 4.79 Å². The van der Waals surface area contributed by atoms with Crippen LogP contribution >= 0.6 is 27.5 Å². The van der Waals surface area contributed by atoms with Crippen molar-refractivity contribution in [3.8, 4) is 5.82 Å². The number of halogens is 2. The molecule has 0 aliphatic carbocycles. The maximum absolute atomic E-state index is 12.8. The molecule has 2 aromatic heterocycles. The normalized spacial score (nSPS) is 10.6. The van der Waals surface area contributed by atoms with Crippen molar-refractivity contribution < 1.29 is 14.7 Å². The first kappa shape index (κ1) is 18.1. The van der Waals surface area contributed by atoms with Crippen molar-refractivity contribution >= 4 is 45.1 Å². The van der Waals surface area contributed by atoms with E-state index < -0.39 is 11.9 Å². The van der Waals surface area contributed by atoms with Gasteiger partial charge in [-0.05, 0) is 46.6 Å². The molecule has 0 bridgehead atoms.